The van der Waals surface area contributed by atoms with Crippen molar-refractivity contribution in [1.29, 1.82) is 0 Å². The van der Waals surface area contributed by atoms with Crippen molar-refractivity contribution in [2.24, 2.45) is 0 Å². The molecule has 0 aliphatic carbocycles. The van der Waals surface area contributed by atoms with Gasteiger partial charge in [-0.2, -0.15) is 0 Å². The molecule has 45 heavy (non-hydrogen) atoms. The van der Waals surface area contributed by atoms with Gasteiger partial charge >= 0.3 is 0 Å². The molecule has 0 amide bonds. The molecule has 0 radical (unpaired) electrons. The Hall–Kier alpha value is -4.91. The van der Waals surface area contributed by atoms with Gasteiger partial charge in [0, 0.05) is 29.0 Å². The summed E-state index contributed by atoms with van der Waals surface area (Å²) in [6.45, 7) is 0.220. The van der Waals surface area contributed by atoms with Gasteiger partial charge in [0.2, 0.25) is 22.8 Å². The molecule has 0 aliphatic heterocycles. The van der Waals surface area contributed by atoms with E-state index < -0.39 is 5.43 Å². The maximum Gasteiger partial charge on any atom is 0.276 e. The fraction of sp³-hybridized carbons (Fsp3) is 0.281. The smallest absolute Gasteiger partial charge is 0.276 e. The Morgan fingerprint density at radius 3 is 2.11 bits per heavy atom. The standard InChI is InChI=1S/C32H31FN2O9S/c1-37-21-16-22(38-2)26-23(17-21)43-28(19-14-24(39-3)29(41-5)25(15-19)40-4)30(27(26)36)42-12-6-7-13-45-32-35-34-31(44-32)18-8-10-20(33)11-9-18/h8-11,14-17H,6-7,12-13H2,1-5H3. The molecule has 0 unspecified atom stereocenters. The van der Waals surface area contributed by atoms with Crippen molar-refractivity contribution in [2.75, 3.05) is 47.9 Å². The molecule has 13 heteroatoms. The maximum atomic E-state index is 13.9. The van der Waals surface area contributed by atoms with E-state index in [1.165, 1.54) is 59.4 Å². The summed E-state index contributed by atoms with van der Waals surface area (Å²) in [5, 5.41) is 8.70. The lowest BCUT2D eigenvalue weighted by Gasteiger charge is -2.17. The van der Waals surface area contributed by atoms with Gasteiger partial charge in [-0.05, 0) is 49.2 Å². The molecule has 2 aromatic heterocycles. The Kier molecular flexibility index (Phi) is 9.98. The van der Waals surface area contributed by atoms with Gasteiger partial charge in [0.15, 0.2) is 17.3 Å². The highest BCUT2D eigenvalue weighted by Crippen LogP contribution is 2.44. The quantitative estimate of drug-likeness (QED) is 0.0956. The minimum atomic E-state index is -0.409. The Labute approximate surface area is 262 Å². The van der Waals surface area contributed by atoms with Gasteiger partial charge in [-0.1, -0.05) is 11.8 Å². The van der Waals surface area contributed by atoms with Crippen LogP contribution < -0.4 is 33.8 Å². The molecule has 2 heterocycles. The average Bonchev–Trinajstić information content (AvgIpc) is 3.54. The second kappa shape index (κ2) is 14.2. The molecule has 0 bridgehead atoms. The number of aromatic nitrogens is 2. The molecule has 11 nitrogen and oxygen atoms in total. The van der Waals surface area contributed by atoms with E-state index in [4.69, 9.17) is 37.3 Å². The Morgan fingerprint density at radius 1 is 0.756 bits per heavy atom. The zero-order valence-corrected chi connectivity index (χ0v) is 26.1. The lowest BCUT2D eigenvalue weighted by atomic mass is 10.1. The van der Waals surface area contributed by atoms with E-state index in [-0.39, 0.29) is 40.7 Å². The van der Waals surface area contributed by atoms with E-state index in [2.05, 4.69) is 10.2 Å². The van der Waals surface area contributed by atoms with Crippen LogP contribution in [-0.2, 0) is 0 Å². The van der Waals surface area contributed by atoms with E-state index in [0.717, 1.165) is 6.42 Å². The van der Waals surface area contributed by atoms with E-state index >= 15 is 0 Å². The number of methoxy groups -OCH3 is 5. The second-order valence-corrected chi connectivity index (χ2v) is 10.5. The summed E-state index contributed by atoms with van der Waals surface area (Å²) in [5.41, 5.74) is 0.955. The molecule has 5 rings (SSSR count). The molecule has 5 aromatic rings. The molecule has 236 valence electrons. The number of ether oxygens (including phenoxy) is 6. The zero-order valence-electron chi connectivity index (χ0n) is 25.3. The number of nitrogens with zero attached hydrogens (tertiary/aromatic N) is 2. The van der Waals surface area contributed by atoms with Crippen LogP contribution in [-0.4, -0.2) is 58.1 Å². The molecule has 3 aromatic carbocycles. The highest BCUT2D eigenvalue weighted by Gasteiger charge is 2.24. The maximum absolute atomic E-state index is 13.9. The minimum absolute atomic E-state index is 0.00809. The van der Waals surface area contributed by atoms with Crippen molar-refractivity contribution < 1.29 is 41.6 Å². The van der Waals surface area contributed by atoms with Gasteiger partial charge < -0.3 is 37.3 Å². The SMILES string of the molecule is COc1cc(OC)c2c(=O)c(OCCCCSc3nnc(-c4ccc(F)cc4)o3)c(-c3cc(OC)c(OC)c(OC)c3)oc2c1. The van der Waals surface area contributed by atoms with Gasteiger partial charge in [-0.3, -0.25) is 4.79 Å². The zero-order chi connectivity index (χ0) is 31.9. The number of halogens is 1. The predicted octanol–water partition coefficient (Wildman–Crippen LogP) is 6.64. The number of unbranched alkanes of at least 4 members (excludes halogenated alkanes) is 1. The van der Waals surface area contributed by atoms with Crippen LogP contribution in [0.1, 0.15) is 12.8 Å². The summed E-state index contributed by atoms with van der Waals surface area (Å²) in [5.74, 6) is 2.71. The van der Waals surface area contributed by atoms with Crippen molar-refractivity contribution in [3.05, 3.63) is 64.6 Å². The molecule has 0 saturated heterocycles. The van der Waals surface area contributed by atoms with E-state index in [1.807, 2.05) is 0 Å². The Bertz CT molecular complexity index is 1810. The normalized spacial score (nSPS) is 11.0. The third-order valence-corrected chi connectivity index (χ3v) is 7.69. The summed E-state index contributed by atoms with van der Waals surface area (Å²) in [6, 6.07) is 12.4. The number of hydrogen-bond acceptors (Lipinski definition) is 12. The summed E-state index contributed by atoms with van der Waals surface area (Å²) >= 11 is 1.39. The van der Waals surface area contributed by atoms with Gasteiger partial charge in [0.25, 0.3) is 5.22 Å². The minimum Gasteiger partial charge on any atom is -0.496 e. The number of rotatable bonds is 14. The van der Waals surface area contributed by atoms with Gasteiger partial charge in [0.05, 0.1) is 42.2 Å². The first-order valence-corrected chi connectivity index (χ1v) is 14.8. The van der Waals surface area contributed by atoms with Crippen molar-refractivity contribution >= 4 is 22.7 Å². The number of benzene rings is 3. The van der Waals surface area contributed by atoms with Crippen molar-refractivity contribution in [2.45, 2.75) is 18.1 Å². The third kappa shape index (κ3) is 6.78. The fourth-order valence-electron chi connectivity index (χ4n) is 4.57. The van der Waals surface area contributed by atoms with Crippen LogP contribution >= 0.6 is 11.8 Å². The van der Waals surface area contributed by atoms with Gasteiger partial charge in [-0.25, -0.2) is 4.39 Å². The van der Waals surface area contributed by atoms with Crippen molar-refractivity contribution in [3.63, 3.8) is 0 Å². The molecule has 0 spiro atoms. The second-order valence-electron chi connectivity index (χ2n) is 9.49. The summed E-state index contributed by atoms with van der Waals surface area (Å²) in [7, 11) is 7.48. The number of fused-ring (bicyclic) bond motifs is 1. The first kappa shape index (κ1) is 31.5. The van der Waals surface area contributed by atoms with Crippen LogP contribution in [0.3, 0.4) is 0 Å². The van der Waals surface area contributed by atoms with Crippen LogP contribution in [0, 0.1) is 5.82 Å². The lowest BCUT2D eigenvalue weighted by Crippen LogP contribution is -2.12. The fourth-order valence-corrected chi connectivity index (χ4v) is 5.33. The highest BCUT2D eigenvalue weighted by molar-refractivity contribution is 7.99. The van der Waals surface area contributed by atoms with Crippen molar-refractivity contribution in [1.82, 2.24) is 10.2 Å². The Morgan fingerprint density at radius 2 is 1.47 bits per heavy atom. The third-order valence-electron chi connectivity index (χ3n) is 6.78. The molecular formula is C32H31FN2O9S. The number of thioether (sulfide) groups is 1. The monoisotopic (exact) mass is 638 g/mol. The summed E-state index contributed by atoms with van der Waals surface area (Å²) in [4.78, 5) is 13.9. The molecular weight excluding hydrogens is 607 g/mol. The van der Waals surface area contributed by atoms with E-state index in [9.17, 15) is 9.18 Å². The Balaban J connectivity index is 1.37. The summed E-state index contributed by atoms with van der Waals surface area (Å²) < 4.78 is 58.7. The highest BCUT2D eigenvalue weighted by atomic mass is 32.2. The average molecular weight is 639 g/mol. The van der Waals surface area contributed by atoms with Crippen LogP contribution in [0.5, 0.6) is 34.5 Å². The predicted molar refractivity (Wildman–Crippen MR) is 166 cm³/mol. The van der Waals surface area contributed by atoms with Crippen LogP contribution in [0.2, 0.25) is 0 Å². The van der Waals surface area contributed by atoms with Gasteiger partial charge in [0.1, 0.15) is 28.3 Å². The lowest BCUT2D eigenvalue weighted by molar-refractivity contribution is 0.301. The number of hydrogen-bond donors (Lipinski definition) is 0. The molecule has 0 saturated carbocycles. The molecule has 0 aliphatic rings. The van der Waals surface area contributed by atoms with Crippen molar-refractivity contribution in [3.8, 4) is 57.3 Å². The van der Waals surface area contributed by atoms with Gasteiger partial charge in [-0.15, -0.1) is 10.2 Å². The van der Waals surface area contributed by atoms with E-state index in [0.29, 0.717) is 57.4 Å². The first-order valence-electron chi connectivity index (χ1n) is 13.8. The van der Waals surface area contributed by atoms with Crippen LogP contribution in [0.25, 0.3) is 33.7 Å². The topological polar surface area (TPSA) is 125 Å². The molecule has 0 fully saturated rings. The van der Waals surface area contributed by atoms with Crippen LogP contribution in [0.4, 0.5) is 4.39 Å². The first-order chi connectivity index (χ1) is 21.9. The van der Waals surface area contributed by atoms with E-state index in [1.54, 1.807) is 36.4 Å². The van der Waals surface area contributed by atoms with Crippen LogP contribution in [0.15, 0.2) is 67.4 Å². The largest absolute Gasteiger partial charge is 0.496 e. The molecule has 0 N–H and O–H groups in total. The summed E-state index contributed by atoms with van der Waals surface area (Å²) in [6.07, 6.45) is 1.33. The molecule has 0 atom stereocenters.